The number of rotatable bonds is 4. The number of hydrogen-bond donors (Lipinski definition) is 3. The smallest absolute Gasteiger partial charge is 0.317 e. The molecule has 0 aromatic carbocycles. The van der Waals surface area contributed by atoms with Crippen molar-refractivity contribution in [1.82, 2.24) is 15.5 Å². The number of amides is 2. The van der Waals surface area contributed by atoms with Crippen LogP contribution < -0.4 is 10.6 Å². The van der Waals surface area contributed by atoms with E-state index >= 15 is 0 Å². The first kappa shape index (κ1) is 12.3. The molecule has 1 aliphatic rings. The molecule has 2 unspecified atom stereocenters. The zero-order valence-electron chi connectivity index (χ0n) is 9.49. The first-order valence-electron chi connectivity index (χ1n) is 5.56. The van der Waals surface area contributed by atoms with Crippen LogP contribution >= 0.6 is 0 Å². The lowest BCUT2D eigenvalue weighted by atomic mass is 10.2. The Morgan fingerprint density at radius 1 is 1.60 bits per heavy atom. The molecule has 2 amide bonds. The number of aliphatic hydroxyl groups excluding tert-OH is 1. The maximum atomic E-state index is 11.6. The molecule has 0 bridgehead atoms. The quantitative estimate of drug-likeness (QED) is 0.567. The van der Waals surface area contributed by atoms with Gasteiger partial charge in [0.2, 0.25) is 0 Å². The van der Waals surface area contributed by atoms with E-state index in [4.69, 9.17) is 0 Å². The zero-order chi connectivity index (χ0) is 11.3. The molecule has 0 aliphatic carbocycles. The number of nitrogens with zero attached hydrogens (tertiary/aromatic N) is 1. The Balaban J connectivity index is 2.31. The van der Waals surface area contributed by atoms with Crippen LogP contribution in [0.15, 0.2) is 0 Å². The van der Waals surface area contributed by atoms with Crippen molar-refractivity contribution in [2.24, 2.45) is 0 Å². The standard InChI is InChI=1S/C10H21N3O2/c1-3-4-5-12-10(15)13(2)8-6-11-7-9(8)14/h8-9,11,14H,3-7H2,1-2H3,(H,12,15). The van der Waals surface area contributed by atoms with Gasteiger partial charge >= 0.3 is 6.03 Å². The van der Waals surface area contributed by atoms with Gasteiger partial charge in [0.1, 0.15) is 0 Å². The molecule has 1 rings (SSSR count). The summed E-state index contributed by atoms with van der Waals surface area (Å²) in [4.78, 5) is 13.2. The molecular formula is C10H21N3O2. The van der Waals surface area contributed by atoms with E-state index in [1.807, 2.05) is 0 Å². The third-order valence-electron chi connectivity index (χ3n) is 2.78. The van der Waals surface area contributed by atoms with E-state index in [9.17, 15) is 9.90 Å². The van der Waals surface area contributed by atoms with Gasteiger partial charge in [-0.25, -0.2) is 4.79 Å². The van der Waals surface area contributed by atoms with Crippen LogP contribution in [-0.2, 0) is 0 Å². The third kappa shape index (κ3) is 3.35. The largest absolute Gasteiger partial charge is 0.390 e. The second-order valence-electron chi connectivity index (χ2n) is 3.99. The third-order valence-corrected chi connectivity index (χ3v) is 2.78. The minimum atomic E-state index is -0.452. The van der Waals surface area contributed by atoms with Gasteiger partial charge < -0.3 is 20.6 Å². The SMILES string of the molecule is CCCCNC(=O)N(C)C1CNCC1O. The molecular weight excluding hydrogens is 194 g/mol. The summed E-state index contributed by atoms with van der Waals surface area (Å²) in [6, 6.07) is -0.206. The Labute approximate surface area is 90.8 Å². The highest BCUT2D eigenvalue weighted by atomic mass is 16.3. The maximum Gasteiger partial charge on any atom is 0.317 e. The monoisotopic (exact) mass is 215 g/mol. The van der Waals surface area contributed by atoms with Gasteiger partial charge in [0.15, 0.2) is 0 Å². The lowest BCUT2D eigenvalue weighted by molar-refractivity contribution is 0.110. The predicted molar refractivity (Wildman–Crippen MR) is 58.7 cm³/mol. The van der Waals surface area contributed by atoms with Gasteiger partial charge in [-0.2, -0.15) is 0 Å². The Hall–Kier alpha value is -0.810. The number of unbranched alkanes of at least 4 members (excludes halogenated alkanes) is 1. The van der Waals surface area contributed by atoms with E-state index in [-0.39, 0.29) is 12.1 Å². The lowest BCUT2D eigenvalue weighted by Crippen LogP contribution is -2.48. The van der Waals surface area contributed by atoms with Crippen molar-refractivity contribution in [3.05, 3.63) is 0 Å². The summed E-state index contributed by atoms with van der Waals surface area (Å²) >= 11 is 0. The minimum Gasteiger partial charge on any atom is -0.390 e. The number of nitrogens with one attached hydrogen (secondary N) is 2. The van der Waals surface area contributed by atoms with Gasteiger partial charge in [-0.3, -0.25) is 0 Å². The Morgan fingerprint density at radius 2 is 2.33 bits per heavy atom. The van der Waals surface area contributed by atoms with E-state index in [1.165, 1.54) is 0 Å². The van der Waals surface area contributed by atoms with Crippen LogP contribution in [0.2, 0.25) is 0 Å². The van der Waals surface area contributed by atoms with Crippen molar-refractivity contribution in [1.29, 1.82) is 0 Å². The van der Waals surface area contributed by atoms with Crippen molar-refractivity contribution in [2.45, 2.75) is 31.9 Å². The van der Waals surface area contributed by atoms with Crippen molar-refractivity contribution in [2.75, 3.05) is 26.7 Å². The summed E-state index contributed by atoms with van der Waals surface area (Å²) < 4.78 is 0. The molecule has 5 nitrogen and oxygen atoms in total. The number of carbonyl (C=O) groups excluding carboxylic acids is 1. The lowest BCUT2D eigenvalue weighted by Gasteiger charge is -2.26. The van der Waals surface area contributed by atoms with Gasteiger partial charge in [0.25, 0.3) is 0 Å². The van der Waals surface area contributed by atoms with Gasteiger partial charge in [-0.05, 0) is 6.42 Å². The van der Waals surface area contributed by atoms with Crippen LogP contribution in [0.4, 0.5) is 4.79 Å². The van der Waals surface area contributed by atoms with Gasteiger partial charge in [0.05, 0.1) is 12.1 Å². The number of β-amino-alcohol motifs (C(OH)–C–C–N with tert-alkyl or cyclic N) is 1. The zero-order valence-corrected chi connectivity index (χ0v) is 9.49. The predicted octanol–water partition coefficient (Wildman–Crippen LogP) is -0.239. The molecule has 0 spiro atoms. The summed E-state index contributed by atoms with van der Waals surface area (Å²) in [6.07, 6.45) is 1.61. The molecule has 0 radical (unpaired) electrons. The molecule has 88 valence electrons. The number of carbonyl (C=O) groups is 1. The van der Waals surface area contributed by atoms with E-state index in [1.54, 1.807) is 11.9 Å². The van der Waals surface area contributed by atoms with Gasteiger partial charge in [-0.15, -0.1) is 0 Å². The molecule has 0 aromatic rings. The average molecular weight is 215 g/mol. The molecule has 1 fully saturated rings. The minimum absolute atomic E-state index is 0.101. The fourth-order valence-electron chi connectivity index (χ4n) is 1.69. The Bertz CT molecular complexity index is 211. The summed E-state index contributed by atoms with van der Waals surface area (Å²) in [5.41, 5.74) is 0. The van der Waals surface area contributed by atoms with E-state index < -0.39 is 6.10 Å². The second-order valence-corrected chi connectivity index (χ2v) is 3.99. The second kappa shape index (κ2) is 5.92. The summed E-state index contributed by atoms with van der Waals surface area (Å²) in [7, 11) is 1.72. The summed E-state index contributed by atoms with van der Waals surface area (Å²) in [5.74, 6) is 0. The highest BCUT2D eigenvalue weighted by Crippen LogP contribution is 2.07. The highest BCUT2D eigenvalue weighted by molar-refractivity contribution is 5.74. The topological polar surface area (TPSA) is 64.6 Å². The molecule has 15 heavy (non-hydrogen) atoms. The first-order valence-corrected chi connectivity index (χ1v) is 5.56. The molecule has 5 heteroatoms. The van der Waals surface area contributed by atoms with Crippen LogP contribution in [0, 0.1) is 0 Å². The molecule has 3 N–H and O–H groups in total. The average Bonchev–Trinajstić information content (AvgIpc) is 2.63. The Kier molecular flexibility index (Phi) is 4.84. The summed E-state index contributed by atoms with van der Waals surface area (Å²) in [6.45, 7) is 4.02. The van der Waals surface area contributed by atoms with Crippen LogP contribution in [0.3, 0.4) is 0 Å². The van der Waals surface area contributed by atoms with Crippen molar-refractivity contribution in [3.8, 4) is 0 Å². The molecule has 0 aromatic heterocycles. The van der Waals surface area contributed by atoms with Crippen LogP contribution in [0.25, 0.3) is 0 Å². The van der Waals surface area contributed by atoms with Gasteiger partial charge in [0, 0.05) is 26.7 Å². The van der Waals surface area contributed by atoms with Gasteiger partial charge in [-0.1, -0.05) is 13.3 Å². The Morgan fingerprint density at radius 3 is 2.87 bits per heavy atom. The number of hydrogen-bond acceptors (Lipinski definition) is 3. The normalized spacial score (nSPS) is 25.3. The van der Waals surface area contributed by atoms with E-state index in [0.29, 0.717) is 19.6 Å². The fraction of sp³-hybridized carbons (Fsp3) is 0.900. The van der Waals surface area contributed by atoms with Crippen molar-refractivity contribution in [3.63, 3.8) is 0 Å². The van der Waals surface area contributed by atoms with Crippen molar-refractivity contribution < 1.29 is 9.90 Å². The van der Waals surface area contributed by atoms with Crippen LogP contribution in [-0.4, -0.2) is 54.9 Å². The number of likely N-dealkylation sites (N-methyl/N-ethyl adjacent to an activating group) is 1. The summed E-state index contributed by atoms with van der Waals surface area (Å²) in [5, 5.41) is 15.5. The molecule has 1 saturated heterocycles. The van der Waals surface area contributed by atoms with Crippen molar-refractivity contribution >= 4 is 6.03 Å². The van der Waals surface area contributed by atoms with Crippen LogP contribution in [0.5, 0.6) is 0 Å². The van der Waals surface area contributed by atoms with E-state index in [2.05, 4.69) is 17.6 Å². The first-order chi connectivity index (χ1) is 7.16. The fourth-order valence-corrected chi connectivity index (χ4v) is 1.69. The molecule has 2 atom stereocenters. The highest BCUT2D eigenvalue weighted by Gasteiger charge is 2.30. The maximum absolute atomic E-state index is 11.6. The number of aliphatic hydroxyl groups is 1. The van der Waals surface area contributed by atoms with Crippen LogP contribution in [0.1, 0.15) is 19.8 Å². The number of urea groups is 1. The molecule has 1 heterocycles. The van der Waals surface area contributed by atoms with E-state index in [0.717, 1.165) is 12.8 Å². The molecule has 1 aliphatic heterocycles. The molecule has 0 saturated carbocycles.